The zero-order chi connectivity index (χ0) is 16.1. The Labute approximate surface area is 129 Å². The Morgan fingerprint density at radius 3 is 2.64 bits per heavy atom. The molecule has 7 heteroatoms. The fourth-order valence-corrected chi connectivity index (χ4v) is 1.93. The molecule has 2 aromatic rings. The van der Waals surface area contributed by atoms with Gasteiger partial charge >= 0.3 is 0 Å². The molecule has 3 N–H and O–H groups in total. The molecule has 2 rings (SSSR count). The Kier molecular flexibility index (Phi) is 4.76. The Bertz CT molecular complexity index is 858. The highest BCUT2D eigenvalue weighted by atomic mass is 32.2. The number of hydrogen-bond donors (Lipinski definition) is 3. The van der Waals surface area contributed by atoms with E-state index in [1.807, 2.05) is 0 Å². The van der Waals surface area contributed by atoms with Gasteiger partial charge in [-0.2, -0.15) is 4.36 Å². The number of aromatic nitrogens is 1. The van der Waals surface area contributed by atoms with Crippen LogP contribution in [0.3, 0.4) is 0 Å². The molecule has 0 aliphatic carbocycles. The molecule has 1 unspecified atom stereocenters. The van der Waals surface area contributed by atoms with Gasteiger partial charge in [0, 0.05) is 28.6 Å². The van der Waals surface area contributed by atoms with E-state index < -0.39 is 16.5 Å². The highest BCUT2D eigenvalue weighted by molar-refractivity contribution is 7.74. The van der Waals surface area contributed by atoms with Crippen LogP contribution in [-0.4, -0.2) is 26.5 Å². The number of nitrogens with two attached hydrogens (primary N) is 1. The lowest BCUT2D eigenvalue weighted by Gasteiger charge is -1.99. The quantitative estimate of drug-likeness (QED) is 0.542. The predicted molar refractivity (Wildman–Crippen MR) is 85.0 cm³/mol. The summed E-state index contributed by atoms with van der Waals surface area (Å²) in [5.74, 6) is 5.38. The van der Waals surface area contributed by atoms with Crippen LogP contribution in [0.5, 0.6) is 5.75 Å². The maximum absolute atomic E-state index is 11.7. The third kappa shape index (κ3) is 4.07. The molecular weight excluding hydrogens is 302 g/mol. The summed E-state index contributed by atoms with van der Waals surface area (Å²) in [4.78, 5) is 15.6. The molecular formula is C15H13N3O3S. The second kappa shape index (κ2) is 6.74. The molecule has 1 aromatic heterocycles. The largest absolute Gasteiger partial charge is 0.508 e. The lowest BCUT2D eigenvalue weighted by Crippen LogP contribution is -2.01. The number of amides is 1. The minimum absolute atomic E-state index is 0.148. The van der Waals surface area contributed by atoms with Crippen LogP contribution in [0.2, 0.25) is 0 Å². The molecule has 6 nitrogen and oxygen atoms in total. The molecule has 1 amide bonds. The lowest BCUT2D eigenvalue weighted by atomic mass is 10.1. The van der Waals surface area contributed by atoms with Crippen molar-refractivity contribution in [2.75, 3.05) is 12.0 Å². The summed E-state index contributed by atoms with van der Waals surface area (Å²) in [6.45, 7) is 0. The maximum atomic E-state index is 11.7. The monoisotopic (exact) mass is 315 g/mol. The highest BCUT2D eigenvalue weighted by Gasteiger charge is 2.07. The van der Waals surface area contributed by atoms with Gasteiger partial charge in [0.15, 0.2) is 0 Å². The van der Waals surface area contributed by atoms with Gasteiger partial charge in [0.05, 0.1) is 11.1 Å². The SMILES string of the molecule is C/[SH](=O)=N/C(=O)c1cnc(N)c(C#Cc2ccc(O)cc2)c1. The summed E-state index contributed by atoms with van der Waals surface area (Å²) in [5.41, 5.74) is 6.95. The van der Waals surface area contributed by atoms with E-state index in [2.05, 4.69) is 21.2 Å². The van der Waals surface area contributed by atoms with Gasteiger partial charge < -0.3 is 10.8 Å². The topological polar surface area (TPSA) is 106 Å². The molecule has 0 saturated carbocycles. The smallest absolute Gasteiger partial charge is 0.286 e. The molecule has 112 valence electrons. The Balaban J connectivity index is 2.36. The van der Waals surface area contributed by atoms with Crippen molar-refractivity contribution in [2.45, 2.75) is 0 Å². The Morgan fingerprint density at radius 1 is 1.32 bits per heavy atom. The molecule has 1 heterocycles. The van der Waals surface area contributed by atoms with Gasteiger partial charge in [0.2, 0.25) is 0 Å². The van der Waals surface area contributed by atoms with E-state index in [0.29, 0.717) is 11.1 Å². The molecule has 0 radical (unpaired) electrons. The number of pyridine rings is 1. The molecule has 0 aliphatic heterocycles. The van der Waals surface area contributed by atoms with Crippen LogP contribution in [0.4, 0.5) is 5.82 Å². The molecule has 0 aliphatic rings. The Hall–Kier alpha value is -2.85. The van der Waals surface area contributed by atoms with E-state index in [-0.39, 0.29) is 17.1 Å². The summed E-state index contributed by atoms with van der Waals surface area (Å²) >= 11 is 0. The average molecular weight is 315 g/mol. The normalized spacial score (nSPS) is 11.5. The van der Waals surface area contributed by atoms with E-state index in [4.69, 9.17) is 5.73 Å². The number of phenolic OH excluding ortho intramolecular Hbond substituents is 1. The van der Waals surface area contributed by atoms with E-state index in [9.17, 15) is 14.1 Å². The zero-order valence-electron chi connectivity index (χ0n) is 11.6. The number of aromatic hydroxyl groups is 1. The number of nitrogen functional groups attached to an aromatic ring is 1. The van der Waals surface area contributed by atoms with Gasteiger partial charge in [0.25, 0.3) is 5.91 Å². The second-order valence-corrected chi connectivity index (χ2v) is 5.45. The minimum atomic E-state index is -1.92. The number of benzene rings is 1. The molecule has 0 spiro atoms. The van der Waals surface area contributed by atoms with Gasteiger partial charge in [-0.05, 0) is 30.3 Å². The zero-order valence-corrected chi connectivity index (χ0v) is 12.5. The highest BCUT2D eigenvalue weighted by Crippen LogP contribution is 2.12. The molecule has 0 bridgehead atoms. The first kappa shape index (κ1) is 15.5. The first-order chi connectivity index (χ1) is 10.5. The number of anilines is 1. The summed E-state index contributed by atoms with van der Waals surface area (Å²) in [5, 5.41) is 9.21. The van der Waals surface area contributed by atoms with Crippen molar-refractivity contribution < 1.29 is 14.1 Å². The first-order valence-electron chi connectivity index (χ1n) is 6.19. The summed E-state index contributed by atoms with van der Waals surface area (Å²) in [7, 11) is -1.92. The van der Waals surface area contributed by atoms with Gasteiger partial charge in [-0.15, -0.1) is 0 Å². The molecule has 0 saturated heterocycles. The van der Waals surface area contributed by atoms with Crippen LogP contribution in [0.25, 0.3) is 0 Å². The lowest BCUT2D eigenvalue weighted by molar-refractivity contribution is 0.100. The van der Waals surface area contributed by atoms with Gasteiger partial charge in [-0.3, -0.25) is 9.00 Å². The van der Waals surface area contributed by atoms with Crippen molar-refractivity contribution >= 4 is 22.3 Å². The van der Waals surface area contributed by atoms with E-state index in [1.54, 1.807) is 12.1 Å². The van der Waals surface area contributed by atoms with E-state index in [1.165, 1.54) is 30.7 Å². The van der Waals surface area contributed by atoms with Crippen LogP contribution in [0.15, 0.2) is 40.9 Å². The fraction of sp³-hybridized carbons (Fsp3) is 0.0667. The summed E-state index contributed by atoms with van der Waals surface area (Å²) < 4.78 is 14.4. The van der Waals surface area contributed by atoms with Crippen molar-refractivity contribution in [3.8, 4) is 17.6 Å². The van der Waals surface area contributed by atoms with Crippen LogP contribution in [0.1, 0.15) is 21.5 Å². The third-order valence-electron chi connectivity index (χ3n) is 2.61. The predicted octanol–water partition coefficient (Wildman–Crippen LogP) is 1.20. The van der Waals surface area contributed by atoms with Gasteiger partial charge in [0.1, 0.15) is 11.6 Å². The average Bonchev–Trinajstić information content (AvgIpc) is 2.47. The fourth-order valence-electron chi connectivity index (χ4n) is 1.56. The number of carbonyl (C=O) groups is 1. The van der Waals surface area contributed by atoms with E-state index in [0.717, 1.165) is 0 Å². The van der Waals surface area contributed by atoms with Crippen molar-refractivity contribution in [2.24, 2.45) is 4.36 Å². The van der Waals surface area contributed by atoms with Crippen molar-refractivity contribution in [3.05, 3.63) is 53.2 Å². The van der Waals surface area contributed by atoms with E-state index >= 15 is 0 Å². The van der Waals surface area contributed by atoms with Gasteiger partial charge in [-0.1, -0.05) is 11.8 Å². The minimum Gasteiger partial charge on any atom is -0.508 e. The van der Waals surface area contributed by atoms with Crippen LogP contribution < -0.4 is 5.73 Å². The molecule has 1 aromatic carbocycles. The van der Waals surface area contributed by atoms with Gasteiger partial charge in [-0.25, -0.2) is 4.98 Å². The standard InChI is InChI=1S/C15H13N3O3S/c1-22(21)18-15(20)12-8-11(14(16)17-9-12)5-2-10-3-6-13(19)7-4-10/h3-4,6-9,19,22H,1H3,(H2,16,17). The first-order valence-corrected chi connectivity index (χ1v) is 7.85. The third-order valence-corrected chi connectivity index (χ3v) is 3.07. The van der Waals surface area contributed by atoms with Crippen molar-refractivity contribution in [1.82, 2.24) is 4.98 Å². The number of carbonyl (C=O) groups excluding carboxylic acids is 1. The van der Waals surface area contributed by atoms with Crippen molar-refractivity contribution in [1.29, 1.82) is 0 Å². The van der Waals surface area contributed by atoms with Crippen molar-refractivity contribution in [3.63, 3.8) is 0 Å². The van der Waals surface area contributed by atoms with Crippen LogP contribution >= 0.6 is 0 Å². The number of rotatable bonds is 1. The molecule has 1 atom stereocenters. The molecule has 22 heavy (non-hydrogen) atoms. The van der Waals surface area contributed by atoms with Crippen LogP contribution in [0, 0.1) is 11.8 Å². The number of thiol groups is 1. The summed E-state index contributed by atoms with van der Waals surface area (Å²) in [6, 6.07) is 7.79. The maximum Gasteiger partial charge on any atom is 0.286 e. The number of nitrogens with zero attached hydrogens (tertiary/aromatic N) is 2. The second-order valence-electron chi connectivity index (χ2n) is 4.32. The Morgan fingerprint density at radius 2 is 2.00 bits per heavy atom. The number of hydrogen-bond acceptors (Lipinski definition) is 5. The van der Waals surface area contributed by atoms with Crippen LogP contribution in [-0.2, 0) is 10.6 Å². The molecule has 0 fully saturated rings. The number of phenols is 1. The summed E-state index contributed by atoms with van der Waals surface area (Å²) in [6.07, 6.45) is 2.61.